The fourth-order valence-electron chi connectivity index (χ4n) is 6.12. The highest BCUT2D eigenvalue weighted by molar-refractivity contribution is 5.78. The Balaban J connectivity index is 1.16. The molecule has 1 aromatic heterocycles. The fraction of sp³-hybridized carbons (Fsp3) is 0. The Bertz CT molecular complexity index is 2170. The highest BCUT2D eigenvalue weighted by atomic mass is 14.9. The zero-order valence-corrected chi connectivity index (χ0v) is 26.4. The zero-order valence-electron chi connectivity index (χ0n) is 26.4. The minimum absolute atomic E-state index is 0.703. The van der Waals surface area contributed by atoms with Gasteiger partial charge in [-0.2, -0.15) is 0 Å². The number of aromatic nitrogens is 2. The van der Waals surface area contributed by atoms with Crippen LogP contribution in [0.5, 0.6) is 0 Å². The summed E-state index contributed by atoms with van der Waals surface area (Å²) in [4.78, 5) is 10.2. The van der Waals surface area contributed by atoms with E-state index < -0.39 is 0 Å². The molecule has 0 spiro atoms. The van der Waals surface area contributed by atoms with Gasteiger partial charge in [-0.05, 0) is 56.6 Å². The van der Waals surface area contributed by atoms with Gasteiger partial charge in [0.1, 0.15) is 0 Å². The van der Waals surface area contributed by atoms with Crippen LogP contribution >= 0.6 is 0 Å². The Kier molecular flexibility index (Phi) is 7.96. The molecule has 2 heteroatoms. The third-order valence-corrected chi connectivity index (χ3v) is 8.75. The van der Waals surface area contributed by atoms with Crippen molar-refractivity contribution in [1.82, 2.24) is 9.97 Å². The van der Waals surface area contributed by atoms with E-state index >= 15 is 0 Å². The lowest BCUT2D eigenvalue weighted by Gasteiger charge is -2.11. The predicted octanol–water partition coefficient (Wildman–Crippen LogP) is 12.1. The molecule has 2 nitrogen and oxygen atoms in total. The van der Waals surface area contributed by atoms with E-state index in [2.05, 4.69) is 182 Å². The molecule has 48 heavy (non-hydrogen) atoms. The number of nitrogens with zero attached hydrogens (tertiary/aromatic N) is 2. The van der Waals surface area contributed by atoms with Crippen LogP contribution in [0.1, 0.15) is 0 Å². The molecule has 0 unspecified atom stereocenters. The third kappa shape index (κ3) is 6.20. The van der Waals surface area contributed by atoms with Gasteiger partial charge in [0.25, 0.3) is 0 Å². The van der Waals surface area contributed by atoms with Crippen LogP contribution in [0, 0.1) is 0 Å². The van der Waals surface area contributed by atoms with Gasteiger partial charge in [-0.3, -0.25) is 0 Å². The van der Waals surface area contributed by atoms with Crippen LogP contribution in [0.4, 0.5) is 0 Å². The second-order valence-corrected chi connectivity index (χ2v) is 11.9. The molecule has 0 aliphatic rings. The quantitative estimate of drug-likeness (QED) is 0.179. The van der Waals surface area contributed by atoms with E-state index in [1.807, 2.05) is 12.1 Å². The number of hydrogen-bond acceptors (Lipinski definition) is 2. The maximum atomic E-state index is 5.11. The van der Waals surface area contributed by atoms with E-state index in [1.54, 1.807) is 0 Å². The van der Waals surface area contributed by atoms with Crippen molar-refractivity contribution >= 4 is 0 Å². The SMILES string of the molecule is c1ccc(-c2ccc(-c3cc(-c4ccc(-c5cccc(-c6ccccc6)c5)cc4)nc(-c4ccc(-c5ccccc5)cc4)n3)cc2)cc1. The highest BCUT2D eigenvalue weighted by Crippen LogP contribution is 2.32. The summed E-state index contributed by atoms with van der Waals surface area (Å²) in [5.74, 6) is 0.703. The molecule has 0 aliphatic carbocycles. The molecular formula is C46H32N2. The Morgan fingerprint density at radius 2 is 0.500 bits per heavy atom. The first-order chi connectivity index (χ1) is 23.8. The molecule has 0 atom stereocenters. The molecule has 1 heterocycles. The summed E-state index contributed by atoms with van der Waals surface area (Å²) in [6, 6.07) is 68.1. The van der Waals surface area contributed by atoms with Gasteiger partial charge in [0.2, 0.25) is 0 Å². The first kappa shape index (κ1) is 29.1. The number of rotatable bonds is 7. The first-order valence-electron chi connectivity index (χ1n) is 16.2. The van der Waals surface area contributed by atoms with E-state index in [-0.39, 0.29) is 0 Å². The van der Waals surface area contributed by atoms with E-state index in [4.69, 9.17) is 9.97 Å². The van der Waals surface area contributed by atoms with Crippen LogP contribution < -0.4 is 0 Å². The maximum Gasteiger partial charge on any atom is 0.160 e. The average Bonchev–Trinajstić information content (AvgIpc) is 3.19. The molecule has 0 fully saturated rings. The Morgan fingerprint density at radius 1 is 0.208 bits per heavy atom. The van der Waals surface area contributed by atoms with Gasteiger partial charge in [-0.15, -0.1) is 0 Å². The zero-order chi connectivity index (χ0) is 32.1. The van der Waals surface area contributed by atoms with Crippen molar-refractivity contribution in [3.63, 3.8) is 0 Å². The van der Waals surface area contributed by atoms with Crippen molar-refractivity contribution in [2.75, 3.05) is 0 Å². The second-order valence-electron chi connectivity index (χ2n) is 11.9. The van der Waals surface area contributed by atoms with Crippen molar-refractivity contribution in [1.29, 1.82) is 0 Å². The molecule has 0 bridgehead atoms. The van der Waals surface area contributed by atoms with Crippen LogP contribution in [-0.4, -0.2) is 9.97 Å². The molecule has 226 valence electrons. The summed E-state index contributed by atoms with van der Waals surface area (Å²) in [7, 11) is 0. The second kappa shape index (κ2) is 13.2. The molecule has 0 radical (unpaired) electrons. The fourth-order valence-corrected chi connectivity index (χ4v) is 6.12. The Labute approximate surface area is 281 Å². The molecule has 8 aromatic rings. The summed E-state index contributed by atoms with van der Waals surface area (Å²) in [5, 5.41) is 0. The molecule has 0 amide bonds. The monoisotopic (exact) mass is 612 g/mol. The van der Waals surface area contributed by atoms with E-state index in [9.17, 15) is 0 Å². The maximum absolute atomic E-state index is 5.11. The van der Waals surface area contributed by atoms with Crippen LogP contribution in [0.25, 0.3) is 78.4 Å². The van der Waals surface area contributed by atoms with E-state index in [1.165, 1.54) is 44.5 Å². The van der Waals surface area contributed by atoms with Gasteiger partial charge in [0.15, 0.2) is 5.82 Å². The molecule has 0 saturated heterocycles. The van der Waals surface area contributed by atoms with Gasteiger partial charge < -0.3 is 0 Å². The van der Waals surface area contributed by atoms with Crippen LogP contribution in [0.15, 0.2) is 194 Å². The molecule has 8 rings (SSSR count). The van der Waals surface area contributed by atoms with Crippen molar-refractivity contribution in [3.05, 3.63) is 194 Å². The average molecular weight is 613 g/mol. The molecule has 0 saturated carbocycles. The van der Waals surface area contributed by atoms with Crippen LogP contribution in [-0.2, 0) is 0 Å². The molecular weight excluding hydrogens is 581 g/mol. The number of benzene rings is 7. The summed E-state index contributed by atoms with van der Waals surface area (Å²) < 4.78 is 0. The summed E-state index contributed by atoms with van der Waals surface area (Å²) in [6.07, 6.45) is 0. The van der Waals surface area contributed by atoms with Gasteiger partial charge in [-0.1, -0.05) is 182 Å². The normalized spacial score (nSPS) is 10.9. The highest BCUT2D eigenvalue weighted by Gasteiger charge is 2.12. The standard InChI is InChI=1S/C46H32N2/c1-4-11-33(12-5-1)36-19-25-39(26-20-36)44-32-45(48-46(47-44)41-29-23-37(24-30-41)34-13-6-2-7-14-34)40-27-21-38(22-28-40)43-18-10-17-42(31-43)35-15-8-3-9-16-35/h1-32H. The van der Waals surface area contributed by atoms with Crippen molar-refractivity contribution in [3.8, 4) is 78.4 Å². The van der Waals surface area contributed by atoms with E-state index in [0.29, 0.717) is 5.82 Å². The van der Waals surface area contributed by atoms with Crippen LogP contribution in [0.2, 0.25) is 0 Å². The first-order valence-corrected chi connectivity index (χ1v) is 16.2. The predicted molar refractivity (Wildman–Crippen MR) is 200 cm³/mol. The largest absolute Gasteiger partial charge is 0.228 e. The minimum Gasteiger partial charge on any atom is -0.228 e. The Morgan fingerprint density at radius 3 is 0.917 bits per heavy atom. The van der Waals surface area contributed by atoms with Gasteiger partial charge >= 0.3 is 0 Å². The summed E-state index contributed by atoms with van der Waals surface area (Å²) in [5.41, 5.74) is 14.4. The lowest BCUT2D eigenvalue weighted by molar-refractivity contribution is 1.18. The Hall–Kier alpha value is -6.38. The van der Waals surface area contributed by atoms with Crippen LogP contribution in [0.3, 0.4) is 0 Å². The summed E-state index contributed by atoms with van der Waals surface area (Å²) in [6.45, 7) is 0. The van der Waals surface area contributed by atoms with Crippen molar-refractivity contribution in [2.24, 2.45) is 0 Å². The lowest BCUT2D eigenvalue weighted by Crippen LogP contribution is -1.96. The van der Waals surface area contributed by atoms with Gasteiger partial charge in [-0.25, -0.2) is 9.97 Å². The minimum atomic E-state index is 0.703. The molecule has 0 aliphatic heterocycles. The molecule has 0 N–H and O–H groups in total. The third-order valence-electron chi connectivity index (χ3n) is 8.75. The molecule has 7 aromatic carbocycles. The van der Waals surface area contributed by atoms with Gasteiger partial charge in [0, 0.05) is 16.7 Å². The van der Waals surface area contributed by atoms with Crippen molar-refractivity contribution in [2.45, 2.75) is 0 Å². The number of hydrogen-bond donors (Lipinski definition) is 0. The van der Waals surface area contributed by atoms with Gasteiger partial charge in [0.05, 0.1) is 11.4 Å². The van der Waals surface area contributed by atoms with E-state index in [0.717, 1.165) is 28.1 Å². The smallest absolute Gasteiger partial charge is 0.160 e. The van der Waals surface area contributed by atoms with Crippen molar-refractivity contribution < 1.29 is 0 Å². The lowest BCUT2D eigenvalue weighted by atomic mass is 9.97. The topological polar surface area (TPSA) is 25.8 Å². The summed E-state index contributed by atoms with van der Waals surface area (Å²) >= 11 is 0.